The maximum absolute atomic E-state index is 12.1. The number of nitrogens with zero attached hydrogens (tertiary/aromatic N) is 1. The van der Waals surface area contributed by atoms with Gasteiger partial charge in [0.15, 0.2) is 0 Å². The van der Waals surface area contributed by atoms with E-state index in [0.717, 1.165) is 5.56 Å². The van der Waals surface area contributed by atoms with Crippen molar-refractivity contribution in [2.75, 3.05) is 4.72 Å². The van der Waals surface area contributed by atoms with Crippen molar-refractivity contribution in [2.45, 2.75) is 10.2 Å². The lowest BCUT2D eigenvalue weighted by molar-refractivity contribution is 0.601. The van der Waals surface area contributed by atoms with Crippen LogP contribution in [0.5, 0.6) is 0 Å². The second kappa shape index (κ2) is 5.49. The molecule has 2 aromatic rings. The van der Waals surface area contributed by atoms with E-state index in [1.165, 1.54) is 18.5 Å². The van der Waals surface area contributed by atoms with Crippen LogP contribution in [0, 0.1) is 0 Å². The fourth-order valence-corrected chi connectivity index (χ4v) is 3.00. The van der Waals surface area contributed by atoms with Crippen LogP contribution in [-0.4, -0.2) is 13.4 Å². The number of anilines is 1. The Hall–Kier alpha value is -1.40. The van der Waals surface area contributed by atoms with Gasteiger partial charge in [-0.25, -0.2) is 8.42 Å². The quantitative estimate of drug-likeness (QED) is 0.879. The first-order chi connectivity index (χ1) is 8.63. The van der Waals surface area contributed by atoms with Gasteiger partial charge >= 0.3 is 0 Å². The summed E-state index contributed by atoms with van der Waals surface area (Å²) < 4.78 is 26.8. The van der Waals surface area contributed by atoms with Crippen LogP contribution < -0.4 is 4.72 Å². The largest absolute Gasteiger partial charge is 0.279 e. The maximum Gasteiger partial charge on any atom is 0.263 e. The summed E-state index contributed by atoms with van der Waals surface area (Å²) >= 11 is 3.32. The molecule has 1 aromatic heterocycles. The van der Waals surface area contributed by atoms with Gasteiger partial charge in [0.2, 0.25) is 0 Å². The minimum Gasteiger partial charge on any atom is -0.279 e. The van der Waals surface area contributed by atoms with Crippen LogP contribution in [0.3, 0.4) is 0 Å². The van der Waals surface area contributed by atoms with Gasteiger partial charge in [-0.3, -0.25) is 9.71 Å². The van der Waals surface area contributed by atoms with E-state index < -0.39 is 10.0 Å². The second-order valence-corrected chi connectivity index (χ2v) is 5.83. The Morgan fingerprint density at radius 1 is 1.17 bits per heavy atom. The van der Waals surface area contributed by atoms with Gasteiger partial charge in [-0.15, -0.1) is 0 Å². The molecule has 0 fully saturated rings. The molecule has 0 aliphatic heterocycles. The Labute approximate surface area is 114 Å². The number of benzene rings is 1. The van der Waals surface area contributed by atoms with E-state index in [2.05, 4.69) is 25.6 Å². The van der Waals surface area contributed by atoms with Crippen molar-refractivity contribution in [1.82, 2.24) is 4.98 Å². The van der Waals surface area contributed by atoms with Gasteiger partial charge in [0.05, 0.1) is 5.69 Å². The fourth-order valence-electron chi connectivity index (χ4n) is 1.45. The Morgan fingerprint density at radius 2 is 1.94 bits per heavy atom. The molecule has 0 unspecified atom stereocenters. The highest BCUT2D eigenvalue weighted by molar-refractivity contribution is 9.08. The smallest absolute Gasteiger partial charge is 0.263 e. The average Bonchev–Trinajstić information content (AvgIpc) is 2.40. The van der Waals surface area contributed by atoms with Gasteiger partial charge in [0.1, 0.15) is 4.90 Å². The Kier molecular flexibility index (Phi) is 3.98. The van der Waals surface area contributed by atoms with Gasteiger partial charge in [-0.05, 0) is 23.8 Å². The number of halogens is 1. The van der Waals surface area contributed by atoms with Crippen molar-refractivity contribution in [1.29, 1.82) is 0 Å². The SMILES string of the molecule is O=S(=O)(Nc1ccccc1CBr)c1cccnc1. The van der Waals surface area contributed by atoms with Crippen molar-refractivity contribution in [3.8, 4) is 0 Å². The molecule has 0 amide bonds. The van der Waals surface area contributed by atoms with Gasteiger partial charge in [0, 0.05) is 17.7 Å². The van der Waals surface area contributed by atoms with Crippen molar-refractivity contribution in [3.63, 3.8) is 0 Å². The Morgan fingerprint density at radius 3 is 2.61 bits per heavy atom. The molecule has 18 heavy (non-hydrogen) atoms. The molecular weight excluding hydrogens is 316 g/mol. The predicted molar refractivity (Wildman–Crippen MR) is 74.1 cm³/mol. The van der Waals surface area contributed by atoms with Gasteiger partial charge in [-0.2, -0.15) is 0 Å². The van der Waals surface area contributed by atoms with Gasteiger partial charge in [0.25, 0.3) is 10.0 Å². The predicted octanol–water partition coefficient (Wildman–Crippen LogP) is 2.78. The third-order valence-electron chi connectivity index (χ3n) is 2.35. The Balaban J connectivity index is 2.34. The molecule has 0 saturated carbocycles. The monoisotopic (exact) mass is 326 g/mol. The number of sulfonamides is 1. The summed E-state index contributed by atoms with van der Waals surface area (Å²) in [6.45, 7) is 0. The number of rotatable bonds is 4. The highest BCUT2D eigenvalue weighted by Crippen LogP contribution is 2.21. The van der Waals surface area contributed by atoms with Crippen LogP contribution in [0.4, 0.5) is 5.69 Å². The van der Waals surface area contributed by atoms with Crippen LogP contribution in [0.25, 0.3) is 0 Å². The first-order valence-corrected chi connectivity index (χ1v) is 7.80. The van der Waals surface area contributed by atoms with E-state index in [9.17, 15) is 8.42 Å². The normalized spacial score (nSPS) is 11.2. The third-order valence-corrected chi connectivity index (χ3v) is 4.31. The maximum atomic E-state index is 12.1. The summed E-state index contributed by atoms with van der Waals surface area (Å²) in [4.78, 5) is 3.95. The van der Waals surface area contributed by atoms with Crippen molar-refractivity contribution in [2.24, 2.45) is 0 Å². The molecule has 0 saturated heterocycles. The number of alkyl halides is 1. The first kappa shape index (κ1) is 13.0. The van der Waals surface area contributed by atoms with Gasteiger partial charge < -0.3 is 0 Å². The topological polar surface area (TPSA) is 59.1 Å². The number of para-hydroxylation sites is 1. The zero-order valence-electron chi connectivity index (χ0n) is 9.38. The average molecular weight is 327 g/mol. The van der Waals surface area contributed by atoms with E-state index in [-0.39, 0.29) is 4.90 Å². The molecule has 0 atom stereocenters. The third kappa shape index (κ3) is 2.88. The molecule has 0 radical (unpaired) electrons. The van der Waals surface area contributed by atoms with Crippen molar-refractivity contribution < 1.29 is 8.42 Å². The first-order valence-electron chi connectivity index (χ1n) is 5.20. The zero-order valence-corrected chi connectivity index (χ0v) is 11.8. The molecular formula is C12H11BrN2O2S. The van der Waals surface area contributed by atoms with E-state index >= 15 is 0 Å². The van der Waals surface area contributed by atoms with Crippen LogP contribution in [0.2, 0.25) is 0 Å². The molecule has 2 rings (SSSR count). The highest BCUT2D eigenvalue weighted by atomic mass is 79.9. The van der Waals surface area contributed by atoms with Crippen LogP contribution in [0.15, 0.2) is 53.7 Å². The van der Waals surface area contributed by atoms with Crippen LogP contribution in [0.1, 0.15) is 5.56 Å². The molecule has 0 bridgehead atoms. The lowest BCUT2D eigenvalue weighted by atomic mass is 10.2. The van der Waals surface area contributed by atoms with Crippen molar-refractivity contribution >= 4 is 31.6 Å². The molecule has 0 aliphatic carbocycles. The molecule has 94 valence electrons. The summed E-state index contributed by atoms with van der Waals surface area (Å²) in [7, 11) is -3.58. The van der Waals surface area contributed by atoms with E-state index in [1.807, 2.05) is 12.1 Å². The number of aromatic nitrogens is 1. The van der Waals surface area contributed by atoms with Crippen LogP contribution >= 0.6 is 15.9 Å². The van der Waals surface area contributed by atoms with Crippen LogP contribution in [-0.2, 0) is 15.4 Å². The molecule has 1 heterocycles. The molecule has 0 aliphatic rings. The zero-order chi connectivity index (χ0) is 13.0. The number of hydrogen-bond acceptors (Lipinski definition) is 3. The van der Waals surface area contributed by atoms with E-state index in [0.29, 0.717) is 11.0 Å². The molecule has 1 N–H and O–H groups in total. The summed E-state index contributed by atoms with van der Waals surface area (Å²) in [6, 6.07) is 10.3. The van der Waals surface area contributed by atoms with E-state index in [4.69, 9.17) is 0 Å². The summed E-state index contributed by atoms with van der Waals surface area (Å²) in [5.41, 5.74) is 1.45. The lowest BCUT2D eigenvalue weighted by Crippen LogP contribution is -2.14. The second-order valence-electron chi connectivity index (χ2n) is 3.59. The number of pyridine rings is 1. The fraction of sp³-hybridized carbons (Fsp3) is 0.0833. The van der Waals surface area contributed by atoms with Gasteiger partial charge in [-0.1, -0.05) is 34.1 Å². The summed E-state index contributed by atoms with van der Waals surface area (Å²) in [6.07, 6.45) is 2.85. The Bertz CT molecular complexity index is 630. The lowest BCUT2D eigenvalue weighted by Gasteiger charge is -2.10. The minimum absolute atomic E-state index is 0.148. The molecule has 0 spiro atoms. The van der Waals surface area contributed by atoms with E-state index in [1.54, 1.807) is 18.2 Å². The minimum atomic E-state index is -3.58. The molecule has 4 nitrogen and oxygen atoms in total. The highest BCUT2D eigenvalue weighted by Gasteiger charge is 2.15. The number of nitrogens with one attached hydrogen (secondary N) is 1. The summed E-state index contributed by atoms with van der Waals surface area (Å²) in [5.74, 6) is 0. The molecule has 6 heteroatoms. The standard InChI is InChI=1S/C12H11BrN2O2S/c13-8-10-4-1-2-6-12(10)15-18(16,17)11-5-3-7-14-9-11/h1-7,9,15H,8H2. The number of hydrogen-bond donors (Lipinski definition) is 1. The summed E-state index contributed by atoms with van der Waals surface area (Å²) in [5, 5.41) is 0.582. The van der Waals surface area contributed by atoms with Crippen molar-refractivity contribution in [3.05, 3.63) is 54.4 Å². The molecule has 1 aromatic carbocycles.